The number of aromatic amines is 1. The summed E-state index contributed by atoms with van der Waals surface area (Å²) in [5, 5.41) is 4.02. The Morgan fingerprint density at radius 2 is 1.88 bits per heavy atom. The quantitative estimate of drug-likeness (QED) is 0.352. The Hall–Kier alpha value is -3.54. The van der Waals surface area contributed by atoms with E-state index in [4.69, 9.17) is 9.47 Å². The normalized spacial score (nSPS) is 12.1. The lowest BCUT2D eigenvalue weighted by atomic mass is 9.86. The first kappa shape index (κ1) is 25.1. The first-order chi connectivity index (χ1) is 16.5. The molecular weight excluding hydrogens is 428 g/mol. The molecule has 3 rings (SSSR count). The van der Waals surface area contributed by atoms with Crippen LogP contribution in [-0.2, 0) is 9.53 Å². The first-order valence-electron chi connectivity index (χ1n) is 11.8. The molecule has 1 unspecified atom stereocenters. The van der Waals surface area contributed by atoms with Crippen molar-refractivity contribution < 1.29 is 19.1 Å². The molecule has 2 aromatic carbocycles. The minimum absolute atomic E-state index is 0.0343. The van der Waals surface area contributed by atoms with Crippen LogP contribution in [0.25, 0.3) is 17.0 Å². The van der Waals surface area contributed by atoms with E-state index in [0.717, 1.165) is 41.3 Å². The summed E-state index contributed by atoms with van der Waals surface area (Å²) in [6.07, 6.45) is 9.16. The van der Waals surface area contributed by atoms with E-state index in [1.807, 2.05) is 31.2 Å². The fourth-order valence-corrected chi connectivity index (χ4v) is 4.20. The predicted octanol–water partition coefficient (Wildman–Crippen LogP) is 5.82. The van der Waals surface area contributed by atoms with Crippen LogP contribution in [0.5, 0.6) is 5.75 Å². The molecule has 3 aromatic rings. The van der Waals surface area contributed by atoms with Crippen molar-refractivity contribution in [2.45, 2.75) is 45.4 Å². The van der Waals surface area contributed by atoms with Gasteiger partial charge in [-0.15, -0.1) is 0 Å². The molecule has 6 nitrogen and oxygen atoms in total. The highest BCUT2D eigenvalue weighted by atomic mass is 16.5. The Morgan fingerprint density at radius 1 is 1.06 bits per heavy atom. The van der Waals surface area contributed by atoms with Gasteiger partial charge in [0.05, 0.1) is 19.8 Å². The number of carbonyl (C=O) groups is 2. The molecule has 1 amide bonds. The molecule has 0 spiro atoms. The van der Waals surface area contributed by atoms with Crippen molar-refractivity contribution in [1.82, 2.24) is 10.3 Å². The molecule has 0 saturated heterocycles. The summed E-state index contributed by atoms with van der Waals surface area (Å²) < 4.78 is 10.5. The van der Waals surface area contributed by atoms with Crippen LogP contribution in [0.4, 0.5) is 0 Å². The lowest BCUT2D eigenvalue weighted by Crippen LogP contribution is -2.22. The highest BCUT2D eigenvalue weighted by Crippen LogP contribution is 2.39. The Labute approximate surface area is 201 Å². The molecule has 1 atom stereocenters. The van der Waals surface area contributed by atoms with E-state index in [1.54, 1.807) is 19.2 Å². The number of nitrogens with one attached hydrogen (secondary N) is 2. The number of amides is 1. The van der Waals surface area contributed by atoms with Crippen LogP contribution >= 0.6 is 0 Å². The highest BCUT2D eigenvalue weighted by Gasteiger charge is 2.22. The zero-order valence-corrected chi connectivity index (χ0v) is 20.4. The van der Waals surface area contributed by atoms with Gasteiger partial charge in [0.15, 0.2) is 0 Å². The van der Waals surface area contributed by atoms with E-state index >= 15 is 0 Å². The van der Waals surface area contributed by atoms with Gasteiger partial charge in [-0.1, -0.05) is 44.6 Å². The Balaban J connectivity index is 1.94. The third-order valence-corrected chi connectivity index (χ3v) is 5.91. The van der Waals surface area contributed by atoms with E-state index in [2.05, 4.69) is 35.6 Å². The van der Waals surface area contributed by atoms with Crippen LogP contribution in [0, 0.1) is 0 Å². The maximum absolute atomic E-state index is 12.0. The molecular formula is C28H34N2O4. The summed E-state index contributed by atoms with van der Waals surface area (Å²) in [6, 6.07) is 11.8. The van der Waals surface area contributed by atoms with Crippen LogP contribution in [0.2, 0.25) is 0 Å². The summed E-state index contributed by atoms with van der Waals surface area (Å²) in [4.78, 5) is 27.3. The van der Waals surface area contributed by atoms with Crippen LogP contribution < -0.4 is 10.1 Å². The molecule has 180 valence electrons. The van der Waals surface area contributed by atoms with Crippen LogP contribution in [0.15, 0.2) is 48.7 Å². The standard InChI is InChI=1S/C28H34N2O4/c1-5-8-21(22-13-12-20(28(32)34-4)17-26(22)33-3)24-18-30-25-14-11-19(16-23(24)25)9-7-10-27(31)29-15-6-2/h7,9,11-14,16-18,21,30H,5-6,8,10,15H2,1-4H3,(H,29,31). The van der Waals surface area contributed by atoms with Crippen LogP contribution in [0.1, 0.15) is 72.5 Å². The minimum atomic E-state index is -0.385. The summed E-state index contributed by atoms with van der Waals surface area (Å²) in [5.74, 6) is 0.417. The number of aromatic nitrogens is 1. The van der Waals surface area contributed by atoms with E-state index in [-0.39, 0.29) is 17.8 Å². The Bertz CT molecular complexity index is 1160. The van der Waals surface area contributed by atoms with Gasteiger partial charge in [-0.2, -0.15) is 0 Å². The average Bonchev–Trinajstić information content (AvgIpc) is 3.28. The lowest BCUT2D eigenvalue weighted by Gasteiger charge is -2.20. The van der Waals surface area contributed by atoms with Gasteiger partial charge in [0.1, 0.15) is 5.75 Å². The number of carbonyl (C=O) groups excluding carboxylic acids is 2. The number of ether oxygens (including phenoxy) is 2. The summed E-state index contributed by atoms with van der Waals surface area (Å²) in [5.41, 5.74) is 4.77. The maximum atomic E-state index is 12.0. The van der Waals surface area contributed by atoms with Crippen molar-refractivity contribution in [3.63, 3.8) is 0 Å². The highest BCUT2D eigenvalue weighted by molar-refractivity contribution is 5.90. The molecule has 0 aliphatic carbocycles. The molecule has 6 heteroatoms. The largest absolute Gasteiger partial charge is 0.496 e. The molecule has 0 saturated carbocycles. The summed E-state index contributed by atoms with van der Waals surface area (Å²) in [7, 11) is 3.00. The van der Waals surface area contributed by atoms with Gasteiger partial charge in [0.25, 0.3) is 0 Å². The number of hydrogen-bond acceptors (Lipinski definition) is 4. The number of rotatable bonds is 11. The van der Waals surface area contributed by atoms with Gasteiger partial charge in [0.2, 0.25) is 5.91 Å². The van der Waals surface area contributed by atoms with Gasteiger partial charge >= 0.3 is 5.97 Å². The fourth-order valence-electron chi connectivity index (χ4n) is 4.20. The number of methoxy groups -OCH3 is 2. The number of benzene rings is 2. The second-order valence-electron chi connectivity index (χ2n) is 8.30. The monoisotopic (exact) mass is 462 g/mol. The van der Waals surface area contributed by atoms with Crippen molar-refractivity contribution in [2.75, 3.05) is 20.8 Å². The molecule has 34 heavy (non-hydrogen) atoms. The fraction of sp³-hybridized carbons (Fsp3) is 0.357. The Morgan fingerprint density at radius 3 is 2.59 bits per heavy atom. The van der Waals surface area contributed by atoms with Gasteiger partial charge < -0.3 is 19.8 Å². The zero-order chi connectivity index (χ0) is 24.5. The zero-order valence-electron chi connectivity index (χ0n) is 20.4. The second-order valence-corrected chi connectivity index (χ2v) is 8.30. The number of hydrogen-bond donors (Lipinski definition) is 2. The van der Waals surface area contributed by atoms with Crippen molar-refractivity contribution in [1.29, 1.82) is 0 Å². The minimum Gasteiger partial charge on any atom is -0.496 e. The van der Waals surface area contributed by atoms with E-state index in [0.29, 0.717) is 24.3 Å². The first-order valence-corrected chi connectivity index (χ1v) is 11.8. The van der Waals surface area contributed by atoms with Gasteiger partial charge in [-0.25, -0.2) is 4.79 Å². The van der Waals surface area contributed by atoms with E-state index in [1.165, 1.54) is 12.7 Å². The third kappa shape index (κ3) is 5.87. The number of esters is 1. The molecule has 2 N–H and O–H groups in total. The van der Waals surface area contributed by atoms with Crippen LogP contribution in [-0.4, -0.2) is 37.6 Å². The SMILES string of the molecule is CCCNC(=O)CC=Cc1ccc2[nH]cc(C(CCC)c3ccc(C(=O)OC)cc3OC)c2c1. The Kier molecular flexibility index (Phi) is 8.91. The molecule has 0 radical (unpaired) electrons. The second kappa shape index (κ2) is 12.1. The van der Waals surface area contributed by atoms with E-state index in [9.17, 15) is 9.59 Å². The van der Waals surface area contributed by atoms with E-state index < -0.39 is 0 Å². The van der Waals surface area contributed by atoms with Crippen molar-refractivity contribution in [2.24, 2.45) is 0 Å². The van der Waals surface area contributed by atoms with Crippen molar-refractivity contribution >= 4 is 28.9 Å². The maximum Gasteiger partial charge on any atom is 0.337 e. The molecule has 0 aliphatic heterocycles. The van der Waals surface area contributed by atoms with Crippen molar-refractivity contribution in [3.05, 3.63) is 70.9 Å². The van der Waals surface area contributed by atoms with Crippen LogP contribution in [0.3, 0.4) is 0 Å². The average molecular weight is 463 g/mol. The van der Waals surface area contributed by atoms with Gasteiger partial charge in [0, 0.05) is 41.5 Å². The smallest absolute Gasteiger partial charge is 0.337 e. The third-order valence-electron chi connectivity index (χ3n) is 5.91. The predicted molar refractivity (Wildman–Crippen MR) is 136 cm³/mol. The summed E-state index contributed by atoms with van der Waals surface area (Å²) >= 11 is 0. The van der Waals surface area contributed by atoms with Gasteiger partial charge in [-0.05, 0) is 48.2 Å². The number of fused-ring (bicyclic) bond motifs is 1. The van der Waals surface area contributed by atoms with Gasteiger partial charge in [-0.3, -0.25) is 4.79 Å². The molecule has 1 heterocycles. The molecule has 1 aromatic heterocycles. The molecule has 0 aliphatic rings. The molecule has 0 fully saturated rings. The number of H-pyrrole nitrogens is 1. The molecule has 0 bridgehead atoms. The lowest BCUT2D eigenvalue weighted by molar-refractivity contribution is -0.120. The summed E-state index contributed by atoms with van der Waals surface area (Å²) in [6.45, 7) is 4.90. The van der Waals surface area contributed by atoms with Crippen molar-refractivity contribution in [3.8, 4) is 5.75 Å². The topological polar surface area (TPSA) is 80.4 Å².